The summed E-state index contributed by atoms with van der Waals surface area (Å²) in [5.41, 5.74) is 2.30. The molecule has 0 atom stereocenters. The number of aromatic hydroxyl groups is 1. The number of benzene rings is 1. The summed E-state index contributed by atoms with van der Waals surface area (Å²) in [7, 11) is 2.75. The van der Waals surface area contributed by atoms with Gasteiger partial charge in [0.15, 0.2) is 23.1 Å². The summed E-state index contributed by atoms with van der Waals surface area (Å²) in [5.74, 6) is -2.70. The van der Waals surface area contributed by atoms with E-state index in [9.17, 15) is 18.7 Å². The maximum Gasteiger partial charge on any atom is 0.329 e. The van der Waals surface area contributed by atoms with E-state index in [2.05, 4.69) is 21.8 Å². The Bertz CT molecular complexity index is 1250. The van der Waals surface area contributed by atoms with Crippen molar-refractivity contribution in [3.8, 4) is 11.5 Å². The van der Waals surface area contributed by atoms with Crippen molar-refractivity contribution in [1.82, 2.24) is 14.9 Å². The molecule has 2 amide bonds. The van der Waals surface area contributed by atoms with Crippen molar-refractivity contribution < 1.29 is 23.4 Å². The smallest absolute Gasteiger partial charge is 0.329 e. The molecule has 33 heavy (non-hydrogen) atoms. The van der Waals surface area contributed by atoms with Crippen LogP contribution in [0.1, 0.15) is 18.2 Å². The zero-order valence-corrected chi connectivity index (χ0v) is 18.7. The lowest BCUT2D eigenvalue weighted by Crippen LogP contribution is -2.46. The molecule has 0 radical (unpaired) electrons. The molecule has 2 aliphatic heterocycles. The van der Waals surface area contributed by atoms with E-state index in [0.717, 1.165) is 54.0 Å². The number of nitrogens with one attached hydrogen (secondary N) is 1. The first-order chi connectivity index (χ1) is 15.8. The molecular formula is C23H25F2N5O3. The summed E-state index contributed by atoms with van der Waals surface area (Å²) in [5, 5.41) is 10.7. The standard InChI is InChI=1S/C23H25F2N5O3/c1-12-9-29(10-12)5-4-14-6-15-20-13(8-26-22(15)27-14)11-30(23(32)28(20)2)21-18(24)16(31)7-17(33-3)19(21)25/h6-8,12,31H,4-5,9-11H2,1-3H3,(H,26,27). The number of phenolic OH excluding ortho intramolecular Hbond substituents is 1. The highest BCUT2D eigenvalue weighted by Crippen LogP contribution is 2.41. The number of H-pyrrole nitrogens is 1. The molecular weight excluding hydrogens is 432 g/mol. The Morgan fingerprint density at radius 3 is 2.70 bits per heavy atom. The number of aromatic nitrogens is 2. The summed E-state index contributed by atoms with van der Waals surface area (Å²) in [6.45, 7) is 5.28. The minimum atomic E-state index is -1.23. The predicted octanol–water partition coefficient (Wildman–Crippen LogP) is 3.63. The number of pyridine rings is 1. The van der Waals surface area contributed by atoms with Gasteiger partial charge in [0.25, 0.3) is 0 Å². The number of aromatic amines is 1. The number of rotatable bonds is 5. The van der Waals surface area contributed by atoms with Gasteiger partial charge in [-0.3, -0.25) is 9.80 Å². The Kier molecular flexibility index (Phi) is 5.12. The Morgan fingerprint density at radius 2 is 2.00 bits per heavy atom. The van der Waals surface area contributed by atoms with Gasteiger partial charge in [0, 0.05) is 62.0 Å². The first-order valence-electron chi connectivity index (χ1n) is 10.8. The maximum atomic E-state index is 14.9. The number of ether oxygens (including phenoxy) is 1. The van der Waals surface area contributed by atoms with E-state index in [1.807, 2.05) is 6.07 Å². The molecule has 1 aromatic carbocycles. The van der Waals surface area contributed by atoms with Crippen molar-refractivity contribution in [3.63, 3.8) is 0 Å². The van der Waals surface area contributed by atoms with Gasteiger partial charge in [-0.15, -0.1) is 0 Å². The molecule has 1 saturated heterocycles. The Balaban J connectivity index is 1.50. The monoisotopic (exact) mass is 457 g/mol. The van der Waals surface area contributed by atoms with Crippen LogP contribution in [-0.2, 0) is 13.0 Å². The molecule has 4 heterocycles. The van der Waals surface area contributed by atoms with Gasteiger partial charge in [-0.05, 0) is 12.0 Å². The molecule has 3 aromatic rings. The fourth-order valence-electron chi connectivity index (χ4n) is 4.75. The molecule has 2 aromatic heterocycles. The van der Waals surface area contributed by atoms with Crippen LogP contribution in [0.2, 0.25) is 0 Å². The number of carbonyl (C=O) groups is 1. The summed E-state index contributed by atoms with van der Waals surface area (Å²) in [6, 6.07) is 2.20. The molecule has 0 saturated carbocycles. The van der Waals surface area contributed by atoms with Gasteiger partial charge in [-0.1, -0.05) is 6.92 Å². The molecule has 0 bridgehead atoms. The highest BCUT2D eigenvalue weighted by Gasteiger charge is 2.36. The second-order valence-electron chi connectivity index (χ2n) is 8.81. The average Bonchev–Trinajstić information content (AvgIpc) is 3.19. The third-order valence-electron chi connectivity index (χ3n) is 6.39. The lowest BCUT2D eigenvalue weighted by molar-refractivity contribution is 0.114. The number of fused-ring (bicyclic) bond motifs is 3. The third-order valence-corrected chi connectivity index (χ3v) is 6.39. The SMILES string of the molecule is COc1cc(O)c(F)c(N2Cc3cnc4[nH]c(CCN5CC(C)C5)cc4c3N(C)C2=O)c1F. The van der Waals surface area contributed by atoms with E-state index in [4.69, 9.17) is 4.74 Å². The lowest BCUT2D eigenvalue weighted by Gasteiger charge is -2.37. The number of amides is 2. The minimum Gasteiger partial charge on any atom is -0.505 e. The van der Waals surface area contributed by atoms with Crippen molar-refractivity contribution in [3.05, 3.63) is 41.2 Å². The van der Waals surface area contributed by atoms with E-state index >= 15 is 0 Å². The minimum absolute atomic E-state index is 0.103. The van der Waals surface area contributed by atoms with Crippen LogP contribution >= 0.6 is 0 Å². The molecule has 0 aliphatic carbocycles. The van der Waals surface area contributed by atoms with Crippen molar-refractivity contribution in [2.45, 2.75) is 19.9 Å². The van der Waals surface area contributed by atoms with Gasteiger partial charge in [-0.25, -0.2) is 18.6 Å². The molecule has 174 valence electrons. The molecule has 5 rings (SSSR count). The van der Waals surface area contributed by atoms with Crippen LogP contribution in [0.25, 0.3) is 11.0 Å². The third kappa shape index (κ3) is 3.45. The van der Waals surface area contributed by atoms with Gasteiger partial charge in [0.1, 0.15) is 11.3 Å². The molecule has 2 N–H and O–H groups in total. The highest BCUT2D eigenvalue weighted by atomic mass is 19.1. The predicted molar refractivity (Wildman–Crippen MR) is 120 cm³/mol. The van der Waals surface area contributed by atoms with E-state index < -0.39 is 29.1 Å². The summed E-state index contributed by atoms with van der Waals surface area (Å²) in [6.07, 6.45) is 2.43. The van der Waals surface area contributed by atoms with Crippen LogP contribution < -0.4 is 14.5 Å². The van der Waals surface area contributed by atoms with Crippen LogP contribution in [0.4, 0.5) is 25.0 Å². The average molecular weight is 457 g/mol. The highest BCUT2D eigenvalue weighted by molar-refractivity contribution is 6.11. The second kappa shape index (κ2) is 7.87. The first kappa shape index (κ1) is 21.4. The van der Waals surface area contributed by atoms with Crippen molar-refractivity contribution in [2.24, 2.45) is 5.92 Å². The molecule has 0 spiro atoms. The van der Waals surface area contributed by atoms with Crippen molar-refractivity contribution in [1.29, 1.82) is 0 Å². The van der Waals surface area contributed by atoms with Crippen molar-refractivity contribution in [2.75, 3.05) is 43.6 Å². The fraction of sp³-hybridized carbons (Fsp3) is 0.391. The maximum absolute atomic E-state index is 14.9. The molecule has 0 unspecified atom stereocenters. The van der Waals surface area contributed by atoms with Crippen LogP contribution in [0.3, 0.4) is 0 Å². The largest absolute Gasteiger partial charge is 0.505 e. The first-order valence-corrected chi connectivity index (χ1v) is 10.8. The Morgan fingerprint density at radius 1 is 1.24 bits per heavy atom. The quantitative estimate of drug-likeness (QED) is 0.611. The van der Waals surface area contributed by atoms with Crippen molar-refractivity contribution >= 4 is 28.4 Å². The van der Waals surface area contributed by atoms with Crippen LogP contribution in [0, 0.1) is 17.6 Å². The number of likely N-dealkylation sites (tertiary alicyclic amines) is 1. The number of hydrogen-bond acceptors (Lipinski definition) is 5. The molecule has 8 nitrogen and oxygen atoms in total. The molecule has 2 aliphatic rings. The number of anilines is 2. The fourth-order valence-corrected chi connectivity index (χ4v) is 4.75. The van der Waals surface area contributed by atoms with Gasteiger partial charge in [0.05, 0.1) is 19.3 Å². The van der Waals surface area contributed by atoms with Gasteiger partial charge in [0.2, 0.25) is 0 Å². The second-order valence-corrected chi connectivity index (χ2v) is 8.81. The zero-order chi connectivity index (χ0) is 23.4. The summed E-state index contributed by atoms with van der Waals surface area (Å²) in [4.78, 5) is 25.7. The van der Waals surface area contributed by atoms with Gasteiger partial charge in [-0.2, -0.15) is 0 Å². The Hall–Kier alpha value is -3.40. The summed E-state index contributed by atoms with van der Waals surface area (Å²) >= 11 is 0. The number of carbonyl (C=O) groups excluding carboxylic acids is 1. The molecule has 1 fully saturated rings. The van der Waals surface area contributed by atoms with Crippen LogP contribution in [0.15, 0.2) is 18.3 Å². The number of hydrogen-bond donors (Lipinski definition) is 2. The van der Waals surface area contributed by atoms with Gasteiger partial charge < -0.3 is 19.7 Å². The topological polar surface area (TPSA) is 84.9 Å². The van der Waals surface area contributed by atoms with Crippen LogP contribution in [0.5, 0.6) is 11.5 Å². The normalized spacial score (nSPS) is 16.9. The summed E-state index contributed by atoms with van der Waals surface area (Å²) < 4.78 is 34.5. The van der Waals surface area contributed by atoms with E-state index in [1.54, 1.807) is 13.2 Å². The number of halogens is 2. The number of urea groups is 1. The zero-order valence-electron chi connectivity index (χ0n) is 18.7. The number of methoxy groups -OCH3 is 1. The number of phenols is 1. The van der Waals surface area contributed by atoms with Gasteiger partial charge >= 0.3 is 6.03 Å². The Labute approximate surface area is 189 Å². The van der Waals surface area contributed by atoms with Crippen LogP contribution in [-0.4, -0.2) is 59.8 Å². The number of nitrogens with zero attached hydrogens (tertiary/aromatic N) is 4. The van der Waals surface area contributed by atoms with E-state index in [1.165, 1.54) is 12.0 Å². The van der Waals surface area contributed by atoms with E-state index in [0.29, 0.717) is 16.9 Å². The van der Waals surface area contributed by atoms with E-state index in [-0.39, 0.29) is 12.3 Å². The lowest BCUT2D eigenvalue weighted by atomic mass is 10.0. The molecule has 10 heteroatoms.